The quantitative estimate of drug-likeness (QED) is 0.353. The van der Waals surface area contributed by atoms with Crippen LogP contribution in [0, 0.1) is 12.3 Å². The Kier molecular flexibility index (Phi) is 6.74. The highest BCUT2D eigenvalue weighted by molar-refractivity contribution is 5.87. The van der Waals surface area contributed by atoms with Crippen LogP contribution in [0.15, 0.2) is 38.0 Å². The van der Waals surface area contributed by atoms with Crippen LogP contribution in [0.25, 0.3) is 0 Å². The minimum absolute atomic E-state index is 0.0292. The Morgan fingerprint density at radius 3 is 2.20 bits per heavy atom. The fourth-order valence-electron chi connectivity index (χ4n) is 1.34. The molecule has 0 aliphatic rings. The third-order valence-electron chi connectivity index (χ3n) is 2.04. The standard InChI is InChI=1S/C13H17NO/c1-5-9-12(10-6-2)14(11-7-3)13(15)8-4/h3,5-6,8,12H,1-2,4,9-11H2. The van der Waals surface area contributed by atoms with Crippen molar-refractivity contribution in [2.45, 2.75) is 18.9 Å². The van der Waals surface area contributed by atoms with Gasteiger partial charge in [-0.15, -0.1) is 19.6 Å². The van der Waals surface area contributed by atoms with E-state index in [9.17, 15) is 4.79 Å². The number of amides is 1. The van der Waals surface area contributed by atoms with E-state index in [4.69, 9.17) is 6.42 Å². The topological polar surface area (TPSA) is 20.3 Å². The number of hydrogen-bond donors (Lipinski definition) is 0. The summed E-state index contributed by atoms with van der Waals surface area (Å²) in [5, 5.41) is 0. The molecule has 0 aliphatic carbocycles. The summed E-state index contributed by atoms with van der Waals surface area (Å²) in [5.74, 6) is 2.32. The van der Waals surface area contributed by atoms with Gasteiger partial charge in [-0.3, -0.25) is 4.79 Å². The fourth-order valence-corrected chi connectivity index (χ4v) is 1.34. The average molecular weight is 203 g/mol. The Morgan fingerprint density at radius 1 is 1.33 bits per heavy atom. The van der Waals surface area contributed by atoms with Crippen LogP contribution in [0.5, 0.6) is 0 Å². The Labute approximate surface area is 92.0 Å². The van der Waals surface area contributed by atoms with Crippen LogP contribution in [-0.2, 0) is 4.79 Å². The molecule has 0 rings (SSSR count). The van der Waals surface area contributed by atoms with E-state index in [0.29, 0.717) is 12.8 Å². The molecule has 0 atom stereocenters. The molecule has 0 saturated heterocycles. The summed E-state index contributed by atoms with van der Waals surface area (Å²) in [6.07, 6.45) is 11.4. The van der Waals surface area contributed by atoms with Crippen LogP contribution in [0.3, 0.4) is 0 Å². The molecule has 1 amide bonds. The molecule has 0 radical (unpaired) electrons. The van der Waals surface area contributed by atoms with Crippen LogP contribution in [0.1, 0.15) is 12.8 Å². The van der Waals surface area contributed by atoms with Gasteiger partial charge in [0.1, 0.15) is 0 Å². The Bertz CT molecular complexity index is 275. The lowest BCUT2D eigenvalue weighted by atomic mass is 10.1. The third kappa shape index (κ3) is 4.33. The lowest BCUT2D eigenvalue weighted by Gasteiger charge is -2.27. The second-order valence-electron chi connectivity index (χ2n) is 3.08. The van der Waals surface area contributed by atoms with Gasteiger partial charge in [0, 0.05) is 6.04 Å². The van der Waals surface area contributed by atoms with Crippen molar-refractivity contribution < 1.29 is 4.79 Å². The van der Waals surface area contributed by atoms with Gasteiger partial charge in [-0.05, 0) is 18.9 Å². The highest BCUT2D eigenvalue weighted by Gasteiger charge is 2.18. The van der Waals surface area contributed by atoms with Crippen molar-refractivity contribution in [1.82, 2.24) is 4.90 Å². The summed E-state index contributed by atoms with van der Waals surface area (Å²) in [5.41, 5.74) is 0. The maximum absolute atomic E-state index is 11.5. The molecule has 0 N–H and O–H groups in total. The first-order valence-corrected chi connectivity index (χ1v) is 4.79. The summed E-state index contributed by atoms with van der Waals surface area (Å²) in [4.78, 5) is 13.1. The van der Waals surface area contributed by atoms with E-state index in [0.717, 1.165) is 0 Å². The molecule has 0 spiro atoms. The number of nitrogens with zero attached hydrogens (tertiary/aromatic N) is 1. The van der Waals surface area contributed by atoms with Crippen LogP contribution in [0.2, 0.25) is 0 Å². The zero-order chi connectivity index (χ0) is 11.7. The smallest absolute Gasteiger partial charge is 0.247 e. The van der Waals surface area contributed by atoms with Gasteiger partial charge in [0.25, 0.3) is 0 Å². The van der Waals surface area contributed by atoms with Crippen LogP contribution in [0.4, 0.5) is 0 Å². The predicted octanol–water partition coefficient (Wildman–Crippen LogP) is 2.16. The predicted molar refractivity (Wildman–Crippen MR) is 64.2 cm³/mol. The molecular formula is C13H17NO. The summed E-state index contributed by atoms with van der Waals surface area (Å²) in [6.45, 7) is 11.1. The van der Waals surface area contributed by atoms with Gasteiger partial charge in [-0.2, -0.15) is 0 Å². The first-order valence-electron chi connectivity index (χ1n) is 4.79. The van der Waals surface area contributed by atoms with E-state index in [1.54, 1.807) is 17.1 Å². The van der Waals surface area contributed by atoms with Gasteiger partial charge in [0.05, 0.1) is 6.54 Å². The molecule has 0 aliphatic heterocycles. The van der Waals surface area contributed by atoms with Gasteiger partial charge in [-0.1, -0.05) is 24.7 Å². The Balaban J connectivity index is 4.72. The van der Waals surface area contributed by atoms with E-state index in [2.05, 4.69) is 25.7 Å². The van der Waals surface area contributed by atoms with E-state index in [-0.39, 0.29) is 18.5 Å². The lowest BCUT2D eigenvalue weighted by molar-refractivity contribution is -0.127. The fraction of sp³-hybridized carbons (Fsp3) is 0.308. The van der Waals surface area contributed by atoms with E-state index in [1.807, 2.05) is 0 Å². The van der Waals surface area contributed by atoms with Crippen LogP contribution < -0.4 is 0 Å². The molecule has 0 unspecified atom stereocenters. The molecule has 2 heteroatoms. The van der Waals surface area contributed by atoms with Crippen LogP contribution in [-0.4, -0.2) is 23.4 Å². The molecular weight excluding hydrogens is 186 g/mol. The van der Waals surface area contributed by atoms with Gasteiger partial charge in [0.15, 0.2) is 0 Å². The number of carbonyl (C=O) groups is 1. The van der Waals surface area contributed by atoms with E-state index in [1.165, 1.54) is 6.08 Å². The Hall–Kier alpha value is -1.75. The molecule has 0 aromatic heterocycles. The van der Waals surface area contributed by atoms with E-state index < -0.39 is 0 Å². The molecule has 0 aromatic carbocycles. The summed E-state index contributed by atoms with van der Waals surface area (Å²) >= 11 is 0. The van der Waals surface area contributed by atoms with Crippen molar-refractivity contribution in [2.24, 2.45) is 0 Å². The number of carbonyl (C=O) groups excluding carboxylic acids is 1. The monoisotopic (exact) mass is 203 g/mol. The molecule has 0 saturated carbocycles. The van der Waals surface area contributed by atoms with Gasteiger partial charge in [-0.25, -0.2) is 0 Å². The van der Waals surface area contributed by atoms with E-state index >= 15 is 0 Å². The average Bonchev–Trinajstić information content (AvgIpc) is 2.25. The first-order chi connectivity index (χ1) is 7.21. The van der Waals surface area contributed by atoms with Crippen molar-refractivity contribution >= 4 is 5.91 Å². The number of terminal acetylenes is 1. The molecule has 0 aromatic rings. The molecule has 0 heterocycles. The molecule has 0 bridgehead atoms. The van der Waals surface area contributed by atoms with Crippen molar-refractivity contribution in [1.29, 1.82) is 0 Å². The minimum atomic E-state index is -0.151. The number of hydrogen-bond acceptors (Lipinski definition) is 1. The molecule has 0 fully saturated rings. The molecule has 15 heavy (non-hydrogen) atoms. The van der Waals surface area contributed by atoms with Crippen molar-refractivity contribution in [3.63, 3.8) is 0 Å². The maximum atomic E-state index is 11.5. The SMILES string of the molecule is C#CCN(C(=O)C=C)C(CC=C)CC=C. The zero-order valence-electron chi connectivity index (χ0n) is 8.98. The lowest BCUT2D eigenvalue weighted by Crippen LogP contribution is -2.39. The highest BCUT2D eigenvalue weighted by atomic mass is 16.2. The normalized spacial score (nSPS) is 9.07. The van der Waals surface area contributed by atoms with Crippen molar-refractivity contribution in [2.75, 3.05) is 6.54 Å². The summed E-state index contributed by atoms with van der Waals surface area (Å²) in [6, 6.07) is 0.0292. The minimum Gasteiger partial charge on any atom is -0.324 e. The van der Waals surface area contributed by atoms with Crippen molar-refractivity contribution in [3.8, 4) is 12.3 Å². The second-order valence-corrected chi connectivity index (χ2v) is 3.08. The summed E-state index contributed by atoms with van der Waals surface area (Å²) < 4.78 is 0. The van der Waals surface area contributed by atoms with Crippen LogP contribution >= 0.6 is 0 Å². The largest absolute Gasteiger partial charge is 0.324 e. The molecule has 2 nitrogen and oxygen atoms in total. The molecule has 80 valence electrons. The van der Waals surface area contributed by atoms with Gasteiger partial charge in [0.2, 0.25) is 5.91 Å². The highest BCUT2D eigenvalue weighted by Crippen LogP contribution is 2.10. The zero-order valence-corrected chi connectivity index (χ0v) is 8.98. The maximum Gasteiger partial charge on any atom is 0.247 e. The second kappa shape index (κ2) is 7.64. The van der Waals surface area contributed by atoms with Gasteiger partial charge >= 0.3 is 0 Å². The van der Waals surface area contributed by atoms with Gasteiger partial charge < -0.3 is 4.90 Å². The summed E-state index contributed by atoms with van der Waals surface area (Å²) in [7, 11) is 0. The third-order valence-corrected chi connectivity index (χ3v) is 2.04. The first kappa shape index (κ1) is 13.2. The van der Waals surface area contributed by atoms with Crippen molar-refractivity contribution in [3.05, 3.63) is 38.0 Å². The number of rotatable bonds is 7. The Morgan fingerprint density at radius 2 is 1.87 bits per heavy atom.